The van der Waals surface area contributed by atoms with Crippen molar-refractivity contribution < 1.29 is 19.6 Å². The van der Waals surface area contributed by atoms with Gasteiger partial charge in [-0.05, 0) is 25.1 Å². The van der Waals surface area contributed by atoms with Crippen LogP contribution in [0.1, 0.15) is 22.8 Å². The predicted octanol–water partition coefficient (Wildman–Crippen LogP) is 3.99. The van der Waals surface area contributed by atoms with E-state index in [2.05, 4.69) is 20.9 Å². The standard InChI is InChI=1S/C16H13BrN2O5/c1-2-24-16(21)12-5-3-4-6-13(12)18-9-10-7-11(17)8-14(15(10)20)19(22)23/h3-9,20H,2H2,1H3/b18-9+. The van der Waals surface area contributed by atoms with Crippen molar-refractivity contribution in [2.45, 2.75) is 6.92 Å². The summed E-state index contributed by atoms with van der Waals surface area (Å²) >= 11 is 3.15. The largest absolute Gasteiger partial charge is 0.502 e. The van der Waals surface area contributed by atoms with Crippen molar-refractivity contribution >= 4 is 39.5 Å². The van der Waals surface area contributed by atoms with E-state index in [1.807, 2.05) is 0 Å². The maximum Gasteiger partial charge on any atom is 0.340 e. The lowest BCUT2D eigenvalue weighted by Crippen LogP contribution is -2.04. The lowest BCUT2D eigenvalue weighted by Gasteiger charge is -2.05. The van der Waals surface area contributed by atoms with Crippen molar-refractivity contribution in [2.75, 3.05) is 6.61 Å². The second-order valence-electron chi connectivity index (χ2n) is 4.62. The van der Waals surface area contributed by atoms with E-state index >= 15 is 0 Å². The Kier molecular flexibility index (Phi) is 5.64. The van der Waals surface area contributed by atoms with Gasteiger partial charge in [0.1, 0.15) is 0 Å². The van der Waals surface area contributed by atoms with E-state index in [0.717, 1.165) is 0 Å². The highest BCUT2D eigenvalue weighted by atomic mass is 79.9. The molecule has 0 bridgehead atoms. The van der Waals surface area contributed by atoms with Crippen LogP contribution < -0.4 is 0 Å². The molecular weight excluding hydrogens is 380 g/mol. The summed E-state index contributed by atoms with van der Waals surface area (Å²) in [5, 5.41) is 20.9. The summed E-state index contributed by atoms with van der Waals surface area (Å²) in [4.78, 5) is 26.3. The number of ether oxygens (including phenoxy) is 1. The molecule has 2 aromatic carbocycles. The van der Waals surface area contributed by atoms with Gasteiger partial charge in [-0.3, -0.25) is 15.1 Å². The van der Waals surface area contributed by atoms with E-state index < -0.39 is 22.3 Å². The van der Waals surface area contributed by atoms with Crippen LogP contribution in [0.15, 0.2) is 45.9 Å². The number of halogens is 1. The number of benzene rings is 2. The number of rotatable bonds is 5. The normalized spacial score (nSPS) is 10.8. The van der Waals surface area contributed by atoms with E-state index in [1.54, 1.807) is 31.2 Å². The molecule has 0 saturated carbocycles. The van der Waals surface area contributed by atoms with Crippen LogP contribution in [-0.2, 0) is 4.74 Å². The van der Waals surface area contributed by atoms with Gasteiger partial charge in [0.05, 0.1) is 22.8 Å². The molecule has 0 amide bonds. The first-order valence-corrected chi connectivity index (χ1v) is 7.70. The molecule has 8 heteroatoms. The summed E-state index contributed by atoms with van der Waals surface area (Å²) in [6.07, 6.45) is 1.26. The highest BCUT2D eigenvalue weighted by molar-refractivity contribution is 9.10. The summed E-state index contributed by atoms with van der Waals surface area (Å²) in [6.45, 7) is 1.93. The number of carbonyl (C=O) groups excluding carboxylic acids is 1. The Morgan fingerprint density at radius 2 is 2.12 bits per heavy atom. The van der Waals surface area contributed by atoms with Gasteiger partial charge in [0.15, 0.2) is 0 Å². The maximum absolute atomic E-state index is 11.9. The molecule has 2 aromatic rings. The first-order chi connectivity index (χ1) is 11.4. The van der Waals surface area contributed by atoms with Crippen LogP contribution in [-0.4, -0.2) is 28.8 Å². The van der Waals surface area contributed by atoms with E-state index in [-0.39, 0.29) is 17.7 Å². The molecule has 0 saturated heterocycles. The second-order valence-corrected chi connectivity index (χ2v) is 5.53. The summed E-state index contributed by atoms with van der Waals surface area (Å²) in [5.41, 5.74) is 0.303. The molecule has 0 aliphatic carbocycles. The Morgan fingerprint density at radius 1 is 1.42 bits per heavy atom. The molecule has 0 fully saturated rings. The van der Waals surface area contributed by atoms with E-state index in [1.165, 1.54) is 18.3 Å². The third kappa shape index (κ3) is 3.96. The summed E-state index contributed by atoms with van der Waals surface area (Å²) in [6, 6.07) is 9.21. The number of esters is 1. The number of aliphatic imine (C=N–C) groups is 1. The van der Waals surface area contributed by atoms with Gasteiger partial charge in [-0.2, -0.15) is 0 Å². The molecular formula is C16H13BrN2O5. The Bertz CT molecular complexity index is 820. The van der Waals surface area contributed by atoms with Crippen molar-refractivity contribution in [3.8, 4) is 5.75 Å². The number of hydrogen-bond donors (Lipinski definition) is 1. The number of carbonyl (C=O) groups is 1. The van der Waals surface area contributed by atoms with Crippen LogP contribution in [0.25, 0.3) is 0 Å². The fourth-order valence-electron chi connectivity index (χ4n) is 1.95. The number of aromatic hydroxyl groups is 1. The van der Waals surface area contributed by atoms with E-state index in [9.17, 15) is 20.0 Å². The zero-order valence-electron chi connectivity index (χ0n) is 12.6. The lowest BCUT2D eigenvalue weighted by molar-refractivity contribution is -0.385. The van der Waals surface area contributed by atoms with Gasteiger partial charge < -0.3 is 9.84 Å². The number of hydrogen-bond acceptors (Lipinski definition) is 6. The zero-order valence-corrected chi connectivity index (χ0v) is 14.2. The number of phenols is 1. The van der Waals surface area contributed by atoms with Gasteiger partial charge in [0, 0.05) is 22.3 Å². The minimum Gasteiger partial charge on any atom is -0.502 e. The van der Waals surface area contributed by atoms with Crippen molar-refractivity contribution in [1.29, 1.82) is 0 Å². The van der Waals surface area contributed by atoms with Crippen molar-refractivity contribution in [1.82, 2.24) is 0 Å². The highest BCUT2D eigenvalue weighted by Gasteiger charge is 2.18. The topological polar surface area (TPSA) is 102 Å². The zero-order chi connectivity index (χ0) is 17.7. The fraction of sp³-hybridized carbons (Fsp3) is 0.125. The van der Waals surface area contributed by atoms with Gasteiger partial charge in [0.25, 0.3) is 0 Å². The molecule has 0 heterocycles. The van der Waals surface area contributed by atoms with Gasteiger partial charge >= 0.3 is 11.7 Å². The lowest BCUT2D eigenvalue weighted by atomic mass is 10.1. The van der Waals surface area contributed by atoms with Crippen molar-refractivity contribution in [3.05, 3.63) is 62.1 Å². The third-order valence-electron chi connectivity index (χ3n) is 3.02. The van der Waals surface area contributed by atoms with Crippen molar-refractivity contribution in [2.24, 2.45) is 4.99 Å². The fourth-order valence-corrected chi connectivity index (χ4v) is 2.41. The Labute approximate surface area is 145 Å². The molecule has 0 unspecified atom stereocenters. The molecule has 0 radical (unpaired) electrons. The van der Waals surface area contributed by atoms with Crippen LogP contribution >= 0.6 is 15.9 Å². The van der Waals surface area contributed by atoms with Crippen molar-refractivity contribution in [3.63, 3.8) is 0 Å². The molecule has 0 aliphatic heterocycles. The van der Waals surface area contributed by atoms with Gasteiger partial charge in [-0.1, -0.05) is 28.1 Å². The number of nitro groups is 1. The average Bonchev–Trinajstić information content (AvgIpc) is 2.55. The van der Waals surface area contributed by atoms with Crippen LogP contribution in [0.4, 0.5) is 11.4 Å². The first kappa shape index (κ1) is 17.6. The summed E-state index contributed by atoms with van der Waals surface area (Å²) in [7, 11) is 0. The Hall–Kier alpha value is -2.74. The third-order valence-corrected chi connectivity index (χ3v) is 3.48. The summed E-state index contributed by atoms with van der Waals surface area (Å²) in [5.74, 6) is -1.02. The monoisotopic (exact) mass is 392 g/mol. The first-order valence-electron chi connectivity index (χ1n) is 6.91. The van der Waals surface area contributed by atoms with Crippen LogP contribution in [0.2, 0.25) is 0 Å². The maximum atomic E-state index is 11.9. The predicted molar refractivity (Wildman–Crippen MR) is 92.1 cm³/mol. The number of phenolic OH excluding ortho intramolecular Hbond substituents is 1. The number of nitrogens with zero attached hydrogens (tertiary/aromatic N) is 2. The average molecular weight is 393 g/mol. The molecule has 7 nitrogen and oxygen atoms in total. The number of para-hydroxylation sites is 1. The molecule has 0 spiro atoms. The van der Waals surface area contributed by atoms with Gasteiger partial charge in [-0.15, -0.1) is 0 Å². The highest BCUT2D eigenvalue weighted by Crippen LogP contribution is 2.33. The Morgan fingerprint density at radius 3 is 2.79 bits per heavy atom. The molecule has 0 atom stereocenters. The Balaban J connectivity index is 2.43. The van der Waals surface area contributed by atoms with E-state index in [0.29, 0.717) is 10.2 Å². The van der Waals surface area contributed by atoms with Crippen LogP contribution in [0, 0.1) is 10.1 Å². The molecule has 0 aliphatic rings. The molecule has 124 valence electrons. The molecule has 2 rings (SSSR count). The number of nitro benzene ring substituents is 1. The summed E-state index contributed by atoms with van der Waals surface area (Å²) < 4.78 is 5.38. The van der Waals surface area contributed by atoms with Crippen LogP contribution in [0.3, 0.4) is 0 Å². The van der Waals surface area contributed by atoms with Crippen LogP contribution in [0.5, 0.6) is 5.75 Å². The minimum atomic E-state index is -0.690. The second kappa shape index (κ2) is 7.69. The smallest absolute Gasteiger partial charge is 0.340 e. The van der Waals surface area contributed by atoms with E-state index in [4.69, 9.17) is 4.74 Å². The van der Waals surface area contributed by atoms with Gasteiger partial charge in [0.2, 0.25) is 5.75 Å². The minimum absolute atomic E-state index is 0.148. The molecule has 0 aromatic heterocycles. The molecule has 1 N–H and O–H groups in total. The molecule has 24 heavy (non-hydrogen) atoms. The quantitative estimate of drug-likeness (QED) is 0.358. The SMILES string of the molecule is CCOC(=O)c1ccccc1/N=C/c1cc(Br)cc([N+](=O)[O-])c1O. The van der Waals surface area contributed by atoms with Gasteiger partial charge in [-0.25, -0.2) is 4.79 Å².